The highest BCUT2D eigenvalue weighted by atomic mass is 16.5. The summed E-state index contributed by atoms with van der Waals surface area (Å²) in [6.07, 6.45) is 1.41. The van der Waals surface area contributed by atoms with E-state index in [1.54, 1.807) is 37.4 Å². The maximum absolute atomic E-state index is 12.8. The zero-order valence-electron chi connectivity index (χ0n) is 14.6. The van der Waals surface area contributed by atoms with Gasteiger partial charge in [-0.15, -0.1) is 4.68 Å². The fraction of sp³-hybridized carbons (Fsp3) is 0.105. The Morgan fingerprint density at radius 1 is 1.00 bits per heavy atom. The standard InChI is InChI=1S/C19H16N4O4/c1-26-12-7-8-14-13(9-12)16-17(21-14)18(24)23(19(25)22-16)20-10-11-5-3-4-6-15(11)27-2/h3-10,21H,1-2H3,(H,22,25)/b20-10+. The Hall–Kier alpha value is -3.81. The number of nitrogens with one attached hydrogen (secondary N) is 2. The number of hydrogen-bond acceptors (Lipinski definition) is 5. The van der Waals surface area contributed by atoms with E-state index in [4.69, 9.17) is 9.47 Å². The number of fused-ring (bicyclic) bond motifs is 3. The monoisotopic (exact) mass is 364 g/mol. The normalized spacial score (nSPS) is 11.5. The van der Waals surface area contributed by atoms with Crippen LogP contribution in [0.2, 0.25) is 0 Å². The lowest BCUT2D eigenvalue weighted by molar-refractivity contribution is 0.414. The summed E-state index contributed by atoms with van der Waals surface area (Å²) in [5, 5.41) is 4.74. The van der Waals surface area contributed by atoms with Gasteiger partial charge in [-0.05, 0) is 30.3 Å². The number of aromatic amines is 2. The lowest BCUT2D eigenvalue weighted by Crippen LogP contribution is -2.32. The molecule has 4 rings (SSSR count). The lowest BCUT2D eigenvalue weighted by Gasteiger charge is -2.03. The second kappa shape index (κ2) is 6.49. The fourth-order valence-corrected chi connectivity index (χ4v) is 2.94. The minimum absolute atomic E-state index is 0.259. The maximum atomic E-state index is 12.8. The molecule has 8 nitrogen and oxygen atoms in total. The van der Waals surface area contributed by atoms with Crippen LogP contribution in [0.1, 0.15) is 5.56 Å². The van der Waals surface area contributed by atoms with Gasteiger partial charge >= 0.3 is 11.2 Å². The van der Waals surface area contributed by atoms with Crippen LogP contribution in [0.3, 0.4) is 0 Å². The topological polar surface area (TPSA) is 101 Å². The molecule has 0 saturated heterocycles. The van der Waals surface area contributed by atoms with Crippen LogP contribution in [-0.4, -0.2) is 35.1 Å². The molecular weight excluding hydrogens is 348 g/mol. The number of H-pyrrole nitrogens is 2. The number of benzene rings is 2. The second-order valence-corrected chi connectivity index (χ2v) is 5.82. The Balaban J connectivity index is 1.90. The van der Waals surface area contributed by atoms with Crippen molar-refractivity contribution in [2.45, 2.75) is 0 Å². The molecule has 136 valence electrons. The van der Waals surface area contributed by atoms with Gasteiger partial charge in [0.25, 0.3) is 0 Å². The number of rotatable bonds is 4. The van der Waals surface area contributed by atoms with Gasteiger partial charge in [0.05, 0.1) is 26.0 Å². The highest BCUT2D eigenvalue weighted by Gasteiger charge is 2.13. The van der Waals surface area contributed by atoms with E-state index in [1.165, 1.54) is 13.3 Å². The highest BCUT2D eigenvalue weighted by molar-refractivity contribution is 6.04. The van der Waals surface area contributed by atoms with Crippen molar-refractivity contribution in [3.05, 3.63) is 68.9 Å². The van der Waals surface area contributed by atoms with Crippen molar-refractivity contribution in [2.75, 3.05) is 14.2 Å². The van der Waals surface area contributed by atoms with Gasteiger partial charge in [0, 0.05) is 16.5 Å². The minimum atomic E-state index is -0.637. The first-order valence-electron chi connectivity index (χ1n) is 8.14. The summed E-state index contributed by atoms with van der Waals surface area (Å²) >= 11 is 0. The molecule has 0 unspecified atom stereocenters. The van der Waals surface area contributed by atoms with Gasteiger partial charge in [0.2, 0.25) is 0 Å². The van der Waals surface area contributed by atoms with E-state index in [9.17, 15) is 9.59 Å². The summed E-state index contributed by atoms with van der Waals surface area (Å²) in [6.45, 7) is 0. The molecule has 0 amide bonds. The third-order valence-electron chi connectivity index (χ3n) is 4.29. The lowest BCUT2D eigenvalue weighted by atomic mass is 10.2. The molecule has 8 heteroatoms. The second-order valence-electron chi connectivity index (χ2n) is 5.82. The average Bonchev–Trinajstić information content (AvgIpc) is 3.06. The molecule has 0 atom stereocenters. The Labute approximate surface area is 152 Å². The van der Waals surface area contributed by atoms with E-state index in [0.29, 0.717) is 33.5 Å². The fourth-order valence-electron chi connectivity index (χ4n) is 2.94. The van der Waals surface area contributed by atoms with Gasteiger partial charge in [-0.25, -0.2) is 4.79 Å². The summed E-state index contributed by atoms with van der Waals surface area (Å²) < 4.78 is 11.2. The molecule has 2 aromatic carbocycles. The van der Waals surface area contributed by atoms with Gasteiger partial charge in [0.1, 0.15) is 17.0 Å². The van der Waals surface area contributed by atoms with E-state index < -0.39 is 11.2 Å². The minimum Gasteiger partial charge on any atom is -0.497 e. The zero-order valence-corrected chi connectivity index (χ0v) is 14.6. The third kappa shape index (κ3) is 2.77. The van der Waals surface area contributed by atoms with Crippen LogP contribution >= 0.6 is 0 Å². The number of aromatic nitrogens is 3. The van der Waals surface area contributed by atoms with Crippen LogP contribution < -0.4 is 20.7 Å². The van der Waals surface area contributed by atoms with E-state index in [1.807, 2.05) is 12.1 Å². The maximum Gasteiger partial charge on any atom is 0.350 e. The summed E-state index contributed by atoms with van der Waals surface area (Å²) in [4.78, 5) is 31.0. The number of nitrogens with zero attached hydrogens (tertiary/aromatic N) is 2. The molecule has 4 aromatic rings. The molecule has 2 aromatic heterocycles. The van der Waals surface area contributed by atoms with Crippen molar-refractivity contribution < 1.29 is 9.47 Å². The van der Waals surface area contributed by atoms with Crippen LogP contribution in [0.5, 0.6) is 11.5 Å². The quantitative estimate of drug-likeness (QED) is 0.541. The molecule has 0 bridgehead atoms. The van der Waals surface area contributed by atoms with Crippen molar-refractivity contribution in [1.29, 1.82) is 0 Å². The summed E-state index contributed by atoms with van der Waals surface area (Å²) in [5.41, 5.74) is 0.855. The van der Waals surface area contributed by atoms with Crippen LogP contribution in [0.25, 0.3) is 21.9 Å². The van der Waals surface area contributed by atoms with E-state index in [2.05, 4.69) is 15.1 Å². The molecule has 0 saturated carbocycles. The molecule has 27 heavy (non-hydrogen) atoms. The van der Waals surface area contributed by atoms with Gasteiger partial charge in [-0.1, -0.05) is 12.1 Å². The smallest absolute Gasteiger partial charge is 0.350 e. The molecule has 2 N–H and O–H groups in total. The van der Waals surface area contributed by atoms with Crippen molar-refractivity contribution in [1.82, 2.24) is 14.6 Å². The largest absolute Gasteiger partial charge is 0.497 e. The Morgan fingerprint density at radius 2 is 1.81 bits per heavy atom. The summed E-state index contributed by atoms with van der Waals surface area (Å²) in [6, 6.07) is 12.5. The van der Waals surface area contributed by atoms with E-state index in [0.717, 1.165) is 4.68 Å². The van der Waals surface area contributed by atoms with Gasteiger partial charge in [-0.2, -0.15) is 5.10 Å². The molecule has 0 aliphatic rings. The van der Waals surface area contributed by atoms with E-state index >= 15 is 0 Å². The van der Waals surface area contributed by atoms with E-state index in [-0.39, 0.29) is 5.52 Å². The molecule has 0 aliphatic heterocycles. The molecule has 2 heterocycles. The van der Waals surface area contributed by atoms with Crippen molar-refractivity contribution >= 4 is 28.2 Å². The molecule has 0 aliphatic carbocycles. The Kier molecular flexibility index (Phi) is 4.00. The van der Waals surface area contributed by atoms with Gasteiger partial charge in [0.15, 0.2) is 0 Å². The number of ether oxygens (including phenoxy) is 2. The Morgan fingerprint density at radius 3 is 2.59 bits per heavy atom. The number of methoxy groups -OCH3 is 2. The first kappa shape index (κ1) is 16.6. The van der Waals surface area contributed by atoms with Gasteiger partial charge < -0.3 is 19.4 Å². The molecule has 0 fully saturated rings. The summed E-state index contributed by atoms with van der Waals surface area (Å²) in [5.74, 6) is 1.21. The average molecular weight is 364 g/mol. The number of hydrogen-bond donors (Lipinski definition) is 2. The Bertz CT molecular complexity index is 1300. The van der Waals surface area contributed by atoms with Gasteiger partial charge in [-0.3, -0.25) is 4.79 Å². The van der Waals surface area contributed by atoms with Crippen molar-refractivity contribution in [2.24, 2.45) is 5.10 Å². The van der Waals surface area contributed by atoms with Crippen LogP contribution in [0, 0.1) is 0 Å². The highest BCUT2D eigenvalue weighted by Crippen LogP contribution is 2.25. The third-order valence-corrected chi connectivity index (χ3v) is 4.29. The van der Waals surface area contributed by atoms with Crippen molar-refractivity contribution in [3.63, 3.8) is 0 Å². The molecule has 0 radical (unpaired) electrons. The number of para-hydroxylation sites is 1. The first-order valence-corrected chi connectivity index (χ1v) is 8.14. The SMILES string of the molecule is COc1ccc2[nH]c3c(=O)n(/N=C/c4ccccc4OC)c(=O)[nH]c3c2c1. The van der Waals surface area contributed by atoms with Crippen LogP contribution in [-0.2, 0) is 0 Å². The molecule has 0 spiro atoms. The van der Waals surface area contributed by atoms with Crippen molar-refractivity contribution in [3.8, 4) is 11.5 Å². The molecular formula is C19H16N4O4. The summed E-state index contributed by atoms with van der Waals surface area (Å²) in [7, 11) is 3.09. The van der Waals surface area contributed by atoms with Crippen LogP contribution in [0.4, 0.5) is 0 Å². The predicted molar refractivity (Wildman–Crippen MR) is 103 cm³/mol. The van der Waals surface area contributed by atoms with Crippen LogP contribution in [0.15, 0.2) is 57.2 Å². The first-order chi connectivity index (χ1) is 13.1. The predicted octanol–water partition coefficient (Wildman–Crippen LogP) is 2.07. The zero-order chi connectivity index (χ0) is 19.0.